The number of carbonyl (C=O) groups excluding carboxylic acids is 1. The van der Waals surface area contributed by atoms with Gasteiger partial charge >= 0.3 is 0 Å². The van der Waals surface area contributed by atoms with Crippen molar-refractivity contribution in [3.05, 3.63) is 59.3 Å². The molecule has 9 heteroatoms. The SMILES string of the molecule is COc1cc(N2CCN(C(=O)Cn3cnc4cc(Br)ccc43)C[C@@H]2C)ccc1-c1cnc(C)o1. The Morgan fingerprint density at radius 3 is 2.79 bits per heavy atom. The number of anilines is 1. The van der Waals surface area contributed by atoms with E-state index in [1.54, 1.807) is 19.6 Å². The second kappa shape index (κ2) is 9.13. The summed E-state index contributed by atoms with van der Waals surface area (Å²) in [5.74, 6) is 2.14. The molecule has 4 aromatic rings. The van der Waals surface area contributed by atoms with Gasteiger partial charge in [-0.2, -0.15) is 0 Å². The lowest BCUT2D eigenvalue weighted by Gasteiger charge is -2.41. The Balaban J connectivity index is 1.28. The van der Waals surface area contributed by atoms with Gasteiger partial charge in [-0.1, -0.05) is 15.9 Å². The van der Waals surface area contributed by atoms with Gasteiger partial charge < -0.3 is 23.5 Å². The molecule has 1 saturated heterocycles. The van der Waals surface area contributed by atoms with E-state index in [0.29, 0.717) is 24.7 Å². The van der Waals surface area contributed by atoms with Crippen LogP contribution in [0.15, 0.2) is 57.8 Å². The van der Waals surface area contributed by atoms with Crippen LogP contribution in [0.2, 0.25) is 0 Å². The molecule has 3 heterocycles. The molecule has 0 bridgehead atoms. The number of oxazole rings is 1. The van der Waals surface area contributed by atoms with Crippen molar-refractivity contribution in [3.63, 3.8) is 0 Å². The quantitative estimate of drug-likeness (QED) is 0.383. The third-order valence-corrected chi connectivity index (χ3v) is 6.77. The van der Waals surface area contributed by atoms with E-state index in [-0.39, 0.29) is 18.5 Å². The van der Waals surface area contributed by atoms with Crippen LogP contribution >= 0.6 is 15.9 Å². The maximum absolute atomic E-state index is 13.1. The number of aryl methyl sites for hydroxylation is 1. The second-order valence-electron chi connectivity index (χ2n) is 8.52. The Labute approximate surface area is 206 Å². The molecule has 1 atom stereocenters. The highest BCUT2D eigenvalue weighted by atomic mass is 79.9. The van der Waals surface area contributed by atoms with E-state index in [2.05, 4.69) is 43.8 Å². The number of imidazole rings is 1. The summed E-state index contributed by atoms with van der Waals surface area (Å²) in [6, 6.07) is 12.2. The fraction of sp³-hybridized carbons (Fsp3) is 0.320. The molecule has 1 aliphatic rings. The van der Waals surface area contributed by atoms with Crippen LogP contribution in [0.3, 0.4) is 0 Å². The molecule has 0 N–H and O–H groups in total. The minimum atomic E-state index is 0.0994. The smallest absolute Gasteiger partial charge is 0.242 e. The maximum atomic E-state index is 13.1. The molecule has 0 aliphatic carbocycles. The van der Waals surface area contributed by atoms with E-state index < -0.39 is 0 Å². The minimum absolute atomic E-state index is 0.0994. The summed E-state index contributed by atoms with van der Waals surface area (Å²) in [6.07, 6.45) is 3.45. The van der Waals surface area contributed by atoms with Gasteiger partial charge in [-0.3, -0.25) is 4.79 Å². The summed E-state index contributed by atoms with van der Waals surface area (Å²) in [6.45, 7) is 6.30. The van der Waals surface area contributed by atoms with E-state index in [0.717, 1.165) is 39.1 Å². The van der Waals surface area contributed by atoms with Gasteiger partial charge in [0.25, 0.3) is 0 Å². The summed E-state index contributed by atoms with van der Waals surface area (Å²) in [5.41, 5.74) is 3.76. The number of carbonyl (C=O) groups is 1. The lowest BCUT2D eigenvalue weighted by Crippen LogP contribution is -2.54. The summed E-state index contributed by atoms with van der Waals surface area (Å²) in [7, 11) is 1.66. The van der Waals surface area contributed by atoms with E-state index in [9.17, 15) is 4.79 Å². The number of piperazine rings is 1. The van der Waals surface area contributed by atoms with Crippen molar-refractivity contribution in [2.75, 3.05) is 31.6 Å². The van der Waals surface area contributed by atoms with Gasteiger partial charge in [0, 0.05) is 48.8 Å². The van der Waals surface area contributed by atoms with Gasteiger partial charge in [-0.05, 0) is 37.3 Å². The molecule has 0 spiro atoms. The molecule has 5 rings (SSSR count). The number of hydrogen-bond acceptors (Lipinski definition) is 6. The molecule has 176 valence electrons. The van der Waals surface area contributed by atoms with Crippen LogP contribution < -0.4 is 9.64 Å². The Morgan fingerprint density at radius 2 is 2.06 bits per heavy atom. The first kappa shape index (κ1) is 22.5. The van der Waals surface area contributed by atoms with Crippen molar-refractivity contribution in [1.29, 1.82) is 0 Å². The molecular weight excluding hydrogens is 498 g/mol. The first-order valence-corrected chi connectivity index (χ1v) is 12.0. The number of rotatable bonds is 5. The third kappa shape index (κ3) is 4.27. The molecule has 0 radical (unpaired) electrons. The van der Waals surface area contributed by atoms with Gasteiger partial charge in [0.2, 0.25) is 5.91 Å². The first-order chi connectivity index (χ1) is 16.4. The van der Waals surface area contributed by atoms with E-state index >= 15 is 0 Å². The highest BCUT2D eigenvalue weighted by Crippen LogP contribution is 2.35. The predicted octanol–water partition coefficient (Wildman–Crippen LogP) is 4.51. The molecule has 1 fully saturated rings. The predicted molar refractivity (Wildman–Crippen MR) is 134 cm³/mol. The minimum Gasteiger partial charge on any atom is -0.496 e. The van der Waals surface area contributed by atoms with Crippen LogP contribution in [0.1, 0.15) is 12.8 Å². The second-order valence-corrected chi connectivity index (χ2v) is 9.43. The van der Waals surface area contributed by atoms with Crippen LogP contribution in [-0.4, -0.2) is 58.1 Å². The summed E-state index contributed by atoms with van der Waals surface area (Å²) in [5, 5.41) is 0. The molecule has 8 nitrogen and oxygen atoms in total. The van der Waals surface area contributed by atoms with Gasteiger partial charge in [0.15, 0.2) is 11.7 Å². The number of methoxy groups -OCH3 is 1. The van der Waals surface area contributed by atoms with Crippen LogP contribution in [0, 0.1) is 6.92 Å². The Hall–Kier alpha value is -3.33. The summed E-state index contributed by atoms with van der Waals surface area (Å²) >= 11 is 3.47. The molecule has 0 unspecified atom stereocenters. The van der Waals surface area contributed by atoms with Gasteiger partial charge in [-0.25, -0.2) is 9.97 Å². The maximum Gasteiger partial charge on any atom is 0.242 e. The molecule has 0 saturated carbocycles. The number of benzene rings is 2. The first-order valence-electron chi connectivity index (χ1n) is 11.2. The molecule has 1 aliphatic heterocycles. The number of amides is 1. The molecule has 1 amide bonds. The van der Waals surface area contributed by atoms with Crippen LogP contribution in [0.4, 0.5) is 5.69 Å². The third-order valence-electron chi connectivity index (χ3n) is 6.27. The lowest BCUT2D eigenvalue weighted by molar-refractivity contribution is -0.132. The number of fused-ring (bicyclic) bond motifs is 1. The Morgan fingerprint density at radius 1 is 1.21 bits per heavy atom. The van der Waals surface area contributed by atoms with Crippen LogP contribution in [-0.2, 0) is 11.3 Å². The van der Waals surface area contributed by atoms with Crippen molar-refractivity contribution < 1.29 is 13.9 Å². The number of ether oxygens (including phenoxy) is 1. The monoisotopic (exact) mass is 523 g/mol. The van der Waals surface area contributed by atoms with E-state index in [1.165, 1.54) is 0 Å². The van der Waals surface area contributed by atoms with Gasteiger partial charge in [-0.15, -0.1) is 0 Å². The van der Waals surface area contributed by atoms with Crippen molar-refractivity contribution in [1.82, 2.24) is 19.4 Å². The van der Waals surface area contributed by atoms with Gasteiger partial charge in [0.1, 0.15) is 12.3 Å². The van der Waals surface area contributed by atoms with Gasteiger partial charge in [0.05, 0.1) is 36.2 Å². The normalized spacial score (nSPS) is 16.3. The average Bonchev–Trinajstić information content (AvgIpc) is 3.44. The van der Waals surface area contributed by atoms with Crippen molar-refractivity contribution in [2.24, 2.45) is 0 Å². The standard InChI is InChI=1S/C25H26BrN5O3/c1-16-13-29(25(32)14-30-15-28-21-10-18(26)4-7-22(21)30)8-9-31(16)19-5-6-20(23(11-19)33-3)24-12-27-17(2)34-24/h4-7,10-12,15-16H,8-9,13-14H2,1-3H3/t16-/m0/s1. The highest BCUT2D eigenvalue weighted by molar-refractivity contribution is 9.10. The molecule has 34 heavy (non-hydrogen) atoms. The lowest BCUT2D eigenvalue weighted by atomic mass is 10.1. The van der Waals surface area contributed by atoms with Crippen LogP contribution in [0.5, 0.6) is 5.75 Å². The Kier molecular flexibility index (Phi) is 6.03. The van der Waals surface area contributed by atoms with Crippen molar-refractivity contribution in [3.8, 4) is 17.1 Å². The summed E-state index contributed by atoms with van der Waals surface area (Å²) in [4.78, 5) is 25.9. The fourth-order valence-electron chi connectivity index (χ4n) is 4.52. The highest BCUT2D eigenvalue weighted by Gasteiger charge is 2.28. The van der Waals surface area contributed by atoms with Crippen molar-refractivity contribution >= 4 is 38.6 Å². The Bertz CT molecular complexity index is 1350. The number of hydrogen-bond donors (Lipinski definition) is 0. The van der Waals surface area contributed by atoms with E-state index in [1.807, 2.05) is 46.7 Å². The molecule has 2 aromatic carbocycles. The number of nitrogens with zero attached hydrogens (tertiary/aromatic N) is 5. The molecular formula is C25H26BrN5O3. The van der Waals surface area contributed by atoms with Crippen molar-refractivity contribution in [2.45, 2.75) is 26.4 Å². The largest absolute Gasteiger partial charge is 0.496 e. The van der Waals surface area contributed by atoms with E-state index in [4.69, 9.17) is 9.15 Å². The average molecular weight is 524 g/mol. The number of halogens is 1. The fourth-order valence-corrected chi connectivity index (χ4v) is 4.87. The summed E-state index contributed by atoms with van der Waals surface area (Å²) < 4.78 is 14.2. The van der Waals surface area contributed by atoms with Crippen LogP contribution in [0.25, 0.3) is 22.4 Å². The zero-order valence-electron chi connectivity index (χ0n) is 19.4. The topological polar surface area (TPSA) is 76.6 Å². The zero-order valence-corrected chi connectivity index (χ0v) is 20.9. The number of aromatic nitrogens is 3. The molecule has 2 aromatic heterocycles. The zero-order chi connectivity index (χ0) is 23.8.